The maximum atomic E-state index is 13.0. The van der Waals surface area contributed by atoms with Gasteiger partial charge in [-0.3, -0.25) is 9.59 Å². The highest BCUT2D eigenvalue weighted by molar-refractivity contribution is 9.10. The molecule has 0 aliphatic carbocycles. The average molecular weight is 498 g/mol. The van der Waals surface area contributed by atoms with Gasteiger partial charge in [-0.1, -0.05) is 46.6 Å². The number of amides is 2. The number of thioether (sulfide) groups is 1. The number of nitrogens with one attached hydrogen (secondary N) is 1. The highest BCUT2D eigenvalue weighted by Crippen LogP contribution is 2.22. The summed E-state index contributed by atoms with van der Waals surface area (Å²) in [5, 5.41) is 3.58. The first-order valence-electron chi connectivity index (χ1n) is 9.60. The van der Waals surface area contributed by atoms with Gasteiger partial charge in [0.15, 0.2) is 0 Å². The van der Waals surface area contributed by atoms with Crippen molar-refractivity contribution < 1.29 is 9.59 Å². The number of nitrogens with zero attached hydrogens (tertiary/aromatic N) is 1. The van der Waals surface area contributed by atoms with Crippen molar-refractivity contribution in [2.24, 2.45) is 0 Å². The van der Waals surface area contributed by atoms with Crippen LogP contribution in [0, 0.1) is 0 Å². The molecule has 7 heteroatoms. The zero-order chi connectivity index (χ0) is 21.2. The second kappa shape index (κ2) is 12.3. The molecule has 0 heterocycles. The monoisotopic (exact) mass is 496 g/mol. The molecular formula is C22H26BrClN2O2S. The van der Waals surface area contributed by atoms with Crippen LogP contribution in [0.15, 0.2) is 57.9 Å². The van der Waals surface area contributed by atoms with Gasteiger partial charge in [0.2, 0.25) is 11.8 Å². The number of hydrogen-bond acceptors (Lipinski definition) is 3. The Morgan fingerprint density at radius 1 is 1.21 bits per heavy atom. The first kappa shape index (κ1) is 23.8. The molecule has 29 heavy (non-hydrogen) atoms. The van der Waals surface area contributed by atoms with E-state index >= 15 is 0 Å². The molecule has 0 saturated heterocycles. The number of benzene rings is 2. The molecule has 2 rings (SSSR count). The summed E-state index contributed by atoms with van der Waals surface area (Å²) in [7, 11) is 0. The van der Waals surface area contributed by atoms with Gasteiger partial charge in [-0.05, 0) is 55.3 Å². The van der Waals surface area contributed by atoms with Crippen LogP contribution in [-0.4, -0.2) is 35.1 Å². The van der Waals surface area contributed by atoms with Crippen LogP contribution in [0.25, 0.3) is 0 Å². The summed E-state index contributed by atoms with van der Waals surface area (Å²) in [6.45, 7) is 4.79. The van der Waals surface area contributed by atoms with Gasteiger partial charge in [0.05, 0.1) is 0 Å². The maximum Gasteiger partial charge on any atom is 0.242 e. The van der Waals surface area contributed by atoms with Crippen molar-refractivity contribution in [3.63, 3.8) is 0 Å². The van der Waals surface area contributed by atoms with Crippen LogP contribution >= 0.6 is 39.3 Å². The Hall–Kier alpha value is -1.50. The van der Waals surface area contributed by atoms with E-state index in [9.17, 15) is 9.59 Å². The van der Waals surface area contributed by atoms with Crippen molar-refractivity contribution in [3.05, 3.63) is 63.6 Å². The Morgan fingerprint density at radius 3 is 2.59 bits per heavy atom. The van der Waals surface area contributed by atoms with E-state index in [2.05, 4.69) is 21.2 Å². The Bertz CT molecular complexity index is 817. The number of hydrogen-bond donors (Lipinski definition) is 1. The third-order valence-corrected chi connectivity index (χ3v) is 6.12. The Morgan fingerprint density at radius 2 is 1.93 bits per heavy atom. The van der Waals surface area contributed by atoms with Crippen molar-refractivity contribution in [3.8, 4) is 0 Å². The number of carbonyl (C=O) groups is 2. The smallest absolute Gasteiger partial charge is 0.242 e. The minimum absolute atomic E-state index is 0.0365. The standard InChI is InChI=1S/C22H26BrClN2O2S/c1-3-12-25-22(28)16(2)26(15-17-5-4-6-18(23)14-17)21(27)11-13-29-20-9-7-19(24)8-10-20/h4-10,14,16H,3,11-13,15H2,1-2H3,(H,25,28)/t16-/m0/s1. The van der Waals surface area contributed by atoms with E-state index < -0.39 is 6.04 Å². The molecule has 0 radical (unpaired) electrons. The summed E-state index contributed by atoms with van der Waals surface area (Å²) in [5.41, 5.74) is 0.980. The highest BCUT2D eigenvalue weighted by atomic mass is 79.9. The van der Waals surface area contributed by atoms with Crippen molar-refractivity contribution in [1.82, 2.24) is 10.2 Å². The van der Waals surface area contributed by atoms with Gasteiger partial charge in [0, 0.05) is 39.7 Å². The van der Waals surface area contributed by atoms with Crippen LogP contribution in [0.4, 0.5) is 0 Å². The molecule has 0 aliphatic heterocycles. The molecule has 0 saturated carbocycles. The Labute approximate surface area is 190 Å². The van der Waals surface area contributed by atoms with Crippen molar-refractivity contribution >= 4 is 51.1 Å². The normalized spacial score (nSPS) is 11.7. The van der Waals surface area contributed by atoms with Crippen LogP contribution in [0.3, 0.4) is 0 Å². The molecule has 4 nitrogen and oxygen atoms in total. The molecule has 0 aliphatic rings. The first-order chi connectivity index (χ1) is 13.9. The summed E-state index contributed by atoms with van der Waals surface area (Å²) in [4.78, 5) is 28.2. The van der Waals surface area contributed by atoms with E-state index in [0.717, 1.165) is 21.4 Å². The molecule has 0 fully saturated rings. The quantitative estimate of drug-likeness (QED) is 0.439. The minimum Gasteiger partial charge on any atom is -0.354 e. The summed E-state index contributed by atoms with van der Waals surface area (Å²) in [5.74, 6) is 0.477. The molecule has 1 atom stereocenters. The zero-order valence-electron chi connectivity index (χ0n) is 16.7. The second-order valence-corrected chi connectivity index (χ2v) is 9.19. The largest absolute Gasteiger partial charge is 0.354 e. The fourth-order valence-electron chi connectivity index (χ4n) is 2.74. The SMILES string of the molecule is CCCNC(=O)[C@H](C)N(Cc1cccc(Br)c1)C(=O)CCSc1ccc(Cl)cc1. The molecule has 2 aromatic carbocycles. The minimum atomic E-state index is -0.534. The van der Waals surface area contributed by atoms with Gasteiger partial charge in [0.25, 0.3) is 0 Å². The molecule has 0 unspecified atom stereocenters. The van der Waals surface area contributed by atoms with Crippen molar-refractivity contribution in [2.45, 2.75) is 44.2 Å². The lowest BCUT2D eigenvalue weighted by Crippen LogP contribution is -2.47. The lowest BCUT2D eigenvalue weighted by Gasteiger charge is -2.29. The van der Waals surface area contributed by atoms with E-state index in [4.69, 9.17) is 11.6 Å². The van der Waals surface area contributed by atoms with Gasteiger partial charge < -0.3 is 10.2 Å². The van der Waals surface area contributed by atoms with E-state index in [0.29, 0.717) is 30.3 Å². The molecule has 156 valence electrons. The van der Waals surface area contributed by atoms with Gasteiger partial charge in [-0.15, -0.1) is 11.8 Å². The van der Waals surface area contributed by atoms with Gasteiger partial charge in [-0.2, -0.15) is 0 Å². The second-order valence-electron chi connectivity index (χ2n) is 6.67. The number of halogens is 2. The Kier molecular flexibility index (Phi) is 10.0. The number of carbonyl (C=O) groups excluding carboxylic acids is 2. The van der Waals surface area contributed by atoms with Gasteiger partial charge in [-0.25, -0.2) is 0 Å². The van der Waals surface area contributed by atoms with Gasteiger partial charge in [0.1, 0.15) is 6.04 Å². The molecular weight excluding hydrogens is 472 g/mol. The molecule has 0 spiro atoms. The number of rotatable bonds is 10. The van der Waals surface area contributed by atoms with Gasteiger partial charge >= 0.3 is 0 Å². The summed E-state index contributed by atoms with van der Waals surface area (Å²) < 4.78 is 0.948. The van der Waals surface area contributed by atoms with E-state index in [1.165, 1.54) is 0 Å². The predicted molar refractivity (Wildman–Crippen MR) is 124 cm³/mol. The third kappa shape index (κ3) is 8.03. The lowest BCUT2D eigenvalue weighted by atomic mass is 10.1. The van der Waals surface area contributed by atoms with Crippen molar-refractivity contribution in [1.29, 1.82) is 0 Å². The molecule has 0 bridgehead atoms. The summed E-state index contributed by atoms with van der Waals surface area (Å²) in [6.07, 6.45) is 1.21. The van der Waals surface area contributed by atoms with E-state index in [1.54, 1.807) is 23.6 Å². The summed E-state index contributed by atoms with van der Waals surface area (Å²) in [6, 6.07) is 14.8. The van der Waals surface area contributed by atoms with E-state index in [-0.39, 0.29) is 11.8 Å². The third-order valence-electron chi connectivity index (χ3n) is 4.36. The van der Waals surface area contributed by atoms with Crippen LogP contribution in [-0.2, 0) is 16.1 Å². The fraction of sp³-hybridized carbons (Fsp3) is 0.364. The molecule has 1 N–H and O–H groups in total. The fourth-order valence-corrected chi connectivity index (χ4v) is 4.15. The van der Waals surface area contributed by atoms with Crippen LogP contribution in [0.2, 0.25) is 5.02 Å². The highest BCUT2D eigenvalue weighted by Gasteiger charge is 2.25. The summed E-state index contributed by atoms with van der Waals surface area (Å²) >= 11 is 11.0. The molecule has 0 aromatic heterocycles. The van der Waals surface area contributed by atoms with E-state index in [1.807, 2.05) is 55.5 Å². The molecule has 2 aromatic rings. The van der Waals surface area contributed by atoms with Crippen molar-refractivity contribution in [2.75, 3.05) is 12.3 Å². The Balaban J connectivity index is 2.04. The lowest BCUT2D eigenvalue weighted by molar-refractivity contribution is -0.140. The average Bonchev–Trinajstić information content (AvgIpc) is 2.71. The maximum absolute atomic E-state index is 13.0. The topological polar surface area (TPSA) is 49.4 Å². The predicted octanol–water partition coefficient (Wildman–Crippen LogP) is 5.53. The van der Waals surface area contributed by atoms with Crippen LogP contribution in [0.5, 0.6) is 0 Å². The van der Waals surface area contributed by atoms with Crippen LogP contribution in [0.1, 0.15) is 32.3 Å². The zero-order valence-corrected chi connectivity index (χ0v) is 19.8. The molecule has 2 amide bonds. The first-order valence-corrected chi connectivity index (χ1v) is 11.8. The van der Waals surface area contributed by atoms with Crippen LogP contribution < -0.4 is 5.32 Å².